The third-order valence-corrected chi connectivity index (χ3v) is 10.2. The van der Waals surface area contributed by atoms with Crippen LogP contribution >= 0.6 is 11.8 Å². The number of ketones is 1. The van der Waals surface area contributed by atoms with Gasteiger partial charge in [-0.05, 0) is 35.6 Å². The lowest BCUT2D eigenvalue weighted by atomic mass is 9.99. The van der Waals surface area contributed by atoms with Gasteiger partial charge in [0.2, 0.25) is 5.91 Å². The van der Waals surface area contributed by atoms with Crippen LogP contribution in [0.5, 0.6) is 0 Å². The van der Waals surface area contributed by atoms with Crippen LogP contribution in [0.1, 0.15) is 54.9 Å². The lowest BCUT2D eigenvalue weighted by Gasteiger charge is -2.21. The van der Waals surface area contributed by atoms with E-state index in [2.05, 4.69) is 5.32 Å². The number of ether oxygens (including phenoxy) is 4. The molecule has 58 heavy (non-hydrogen) atoms. The van der Waals surface area contributed by atoms with E-state index >= 15 is 0 Å². The van der Waals surface area contributed by atoms with Gasteiger partial charge in [-0.25, -0.2) is 4.79 Å². The SMILES string of the molecule is C[C@@H](NC(=O)[C@@H](CSC[C@H](CC(=O)OCc1ccccc1)C(=O)OCc1ccccc1)CC(=O)CC[C@@H](N)C(=O)OCc1ccccc1)C(=O)OCc1ccccc1. The van der Waals surface area contributed by atoms with E-state index in [4.69, 9.17) is 24.7 Å². The minimum atomic E-state index is -1.06. The molecule has 0 saturated heterocycles. The molecule has 0 aliphatic carbocycles. The maximum atomic E-state index is 13.7. The summed E-state index contributed by atoms with van der Waals surface area (Å²) in [5.41, 5.74) is 9.17. The number of hydrogen-bond donors (Lipinski definition) is 2. The average Bonchev–Trinajstić information content (AvgIpc) is 3.25. The Morgan fingerprint density at radius 3 is 1.45 bits per heavy atom. The Hall–Kier alpha value is -5.79. The highest BCUT2D eigenvalue weighted by Gasteiger charge is 2.29. The number of carbonyl (C=O) groups is 6. The Balaban J connectivity index is 1.38. The second-order valence-corrected chi connectivity index (χ2v) is 14.8. The van der Waals surface area contributed by atoms with E-state index < -0.39 is 53.7 Å². The molecule has 12 nitrogen and oxygen atoms in total. The molecule has 1 amide bonds. The number of thioether (sulfide) groups is 1. The summed E-state index contributed by atoms with van der Waals surface area (Å²) in [5, 5.41) is 2.66. The molecule has 0 radical (unpaired) electrons. The van der Waals surface area contributed by atoms with Crippen molar-refractivity contribution in [2.75, 3.05) is 11.5 Å². The molecule has 0 spiro atoms. The Morgan fingerprint density at radius 1 is 0.552 bits per heavy atom. The van der Waals surface area contributed by atoms with Crippen molar-refractivity contribution >= 4 is 47.3 Å². The lowest BCUT2D eigenvalue weighted by Crippen LogP contribution is -2.43. The standard InChI is InChI=1S/C45H50N2O10S/c1-32(43(51)55-27-34-16-8-3-9-17-34)47-42(50)37(24-39(48)22-23-40(46)45(53)57-29-36-20-12-5-13-21-36)30-58-31-38(44(52)56-28-35-18-10-4-11-19-35)25-41(49)54-26-33-14-6-2-7-15-33/h2-21,32,37-38,40H,22-31,46H2,1H3,(H,47,50)/t32-,37-,38+,40-/m1/s1. The first-order valence-corrected chi connectivity index (χ1v) is 20.2. The second kappa shape index (κ2) is 24.8. The second-order valence-electron chi connectivity index (χ2n) is 13.7. The summed E-state index contributed by atoms with van der Waals surface area (Å²) in [6.07, 6.45) is -0.618. The van der Waals surface area contributed by atoms with E-state index in [0.29, 0.717) is 0 Å². The van der Waals surface area contributed by atoms with Crippen LogP contribution in [-0.2, 0) is 74.1 Å². The van der Waals surface area contributed by atoms with Gasteiger partial charge in [-0.1, -0.05) is 121 Å². The predicted molar refractivity (Wildman–Crippen MR) is 218 cm³/mol. The first kappa shape index (κ1) is 44.9. The van der Waals surface area contributed by atoms with Gasteiger partial charge < -0.3 is 30.0 Å². The molecule has 4 aromatic carbocycles. The normalized spacial score (nSPS) is 12.9. The molecule has 0 heterocycles. The third kappa shape index (κ3) is 16.7. The number of rotatable bonds is 24. The van der Waals surface area contributed by atoms with Gasteiger partial charge >= 0.3 is 23.9 Å². The lowest BCUT2D eigenvalue weighted by molar-refractivity contribution is -0.155. The summed E-state index contributed by atoms with van der Waals surface area (Å²) in [5.74, 6) is -5.21. The molecule has 4 atom stereocenters. The van der Waals surface area contributed by atoms with Crippen molar-refractivity contribution in [1.29, 1.82) is 0 Å². The number of nitrogens with one attached hydrogen (secondary N) is 1. The fourth-order valence-corrected chi connectivity index (χ4v) is 6.75. The molecule has 306 valence electrons. The van der Waals surface area contributed by atoms with Gasteiger partial charge in [0, 0.05) is 24.3 Å². The van der Waals surface area contributed by atoms with Gasteiger partial charge in [0.25, 0.3) is 0 Å². The van der Waals surface area contributed by atoms with Crippen molar-refractivity contribution in [2.24, 2.45) is 17.6 Å². The van der Waals surface area contributed by atoms with Crippen molar-refractivity contribution in [3.8, 4) is 0 Å². The number of carbonyl (C=O) groups excluding carboxylic acids is 6. The molecule has 4 rings (SSSR count). The number of amides is 1. The summed E-state index contributed by atoms with van der Waals surface area (Å²) < 4.78 is 21.7. The van der Waals surface area contributed by atoms with E-state index in [-0.39, 0.29) is 69.4 Å². The van der Waals surface area contributed by atoms with Gasteiger partial charge in [-0.2, -0.15) is 11.8 Å². The smallest absolute Gasteiger partial charge is 0.328 e. The Morgan fingerprint density at radius 2 is 0.966 bits per heavy atom. The number of Topliss-reactive ketones (excluding diaryl/α,β-unsaturated/α-hetero) is 1. The molecule has 0 fully saturated rings. The summed E-state index contributed by atoms with van der Waals surface area (Å²) in [6.45, 7) is 1.57. The molecule has 0 aromatic heterocycles. The highest BCUT2D eigenvalue weighted by molar-refractivity contribution is 7.99. The van der Waals surface area contributed by atoms with Crippen LogP contribution in [0, 0.1) is 11.8 Å². The van der Waals surface area contributed by atoms with Crippen molar-refractivity contribution in [3.63, 3.8) is 0 Å². The quantitative estimate of drug-likeness (QED) is 0.0635. The number of benzene rings is 4. The van der Waals surface area contributed by atoms with E-state index in [9.17, 15) is 28.8 Å². The zero-order chi connectivity index (χ0) is 41.5. The first-order chi connectivity index (χ1) is 28.1. The molecule has 0 saturated carbocycles. The first-order valence-electron chi connectivity index (χ1n) is 19.0. The number of hydrogen-bond acceptors (Lipinski definition) is 12. The largest absolute Gasteiger partial charge is 0.461 e. The topological polar surface area (TPSA) is 177 Å². The van der Waals surface area contributed by atoms with Crippen LogP contribution in [0.4, 0.5) is 0 Å². The maximum absolute atomic E-state index is 13.7. The Bertz CT molecular complexity index is 1900. The molecule has 13 heteroatoms. The minimum Gasteiger partial charge on any atom is -0.461 e. The Kier molecular flexibility index (Phi) is 19.2. The fourth-order valence-electron chi connectivity index (χ4n) is 5.53. The van der Waals surface area contributed by atoms with Crippen molar-refractivity contribution in [1.82, 2.24) is 5.32 Å². The van der Waals surface area contributed by atoms with Gasteiger partial charge in [0.15, 0.2) is 0 Å². The van der Waals surface area contributed by atoms with E-state index in [1.165, 1.54) is 18.7 Å². The third-order valence-electron chi connectivity index (χ3n) is 8.89. The van der Waals surface area contributed by atoms with Crippen molar-refractivity contribution < 1.29 is 47.7 Å². The minimum absolute atomic E-state index is 0.000366. The van der Waals surface area contributed by atoms with Crippen molar-refractivity contribution in [2.45, 2.75) is 71.1 Å². The zero-order valence-electron chi connectivity index (χ0n) is 32.5. The molecule has 0 aliphatic heterocycles. The molecule has 0 unspecified atom stereocenters. The van der Waals surface area contributed by atoms with Gasteiger partial charge in [-0.3, -0.25) is 24.0 Å². The maximum Gasteiger partial charge on any atom is 0.328 e. The van der Waals surface area contributed by atoms with Crippen LogP contribution in [0.2, 0.25) is 0 Å². The number of esters is 4. The molecule has 3 N–H and O–H groups in total. The molecule has 0 bridgehead atoms. The average molecular weight is 811 g/mol. The highest BCUT2D eigenvalue weighted by Crippen LogP contribution is 2.22. The van der Waals surface area contributed by atoms with E-state index in [1.54, 1.807) is 12.1 Å². The van der Waals surface area contributed by atoms with Gasteiger partial charge in [-0.15, -0.1) is 0 Å². The molecular weight excluding hydrogens is 761 g/mol. The molecular formula is C45H50N2O10S. The van der Waals surface area contributed by atoms with Crippen molar-refractivity contribution in [3.05, 3.63) is 144 Å². The van der Waals surface area contributed by atoms with Gasteiger partial charge in [0.1, 0.15) is 44.3 Å². The monoisotopic (exact) mass is 810 g/mol. The zero-order valence-corrected chi connectivity index (χ0v) is 33.3. The highest BCUT2D eigenvalue weighted by atomic mass is 32.2. The summed E-state index contributed by atoms with van der Waals surface area (Å²) in [7, 11) is 0. The van der Waals surface area contributed by atoms with Crippen LogP contribution in [-0.4, -0.2) is 59.2 Å². The summed E-state index contributed by atoms with van der Waals surface area (Å²) >= 11 is 1.19. The predicted octanol–water partition coefficient (Wildman–Crippen LogP) is 5.89. The summed E-state index contributed by atoms with van der Waals surface area (Å²) in [4.78, 5) is 78.6. The van der Waals surface area contributed by atoms with E-state index in [1.807, 2.05) is 109 Å². The fraction of sp³-hybridized carbons (Fsp3) is 0.333. The summed E-state index contributed by atoms with van der Waals surface area (Å²) in [6, 6.07) is 34.3. The molecule has 0 aliphatic rings. The van der Waals surface area contributed by atoms with Crippen LogP contribution in [0.25, 0.3) is 0 Å². The molecule has 4 aromatic rings. The Labute approximate surface area is 343 Å². The van der Waals surface area contributed by atoms with Crippen LogP contribution in [0.3, 0.4) is 0 Å². The van der Waals surface area contributed by atoms with Gasteiger partial charge in [0.05, 0.1) is 18.3 Å². The van der Waals surface area contributed by atoms with E-state index in [0.717, 1.165) is 22.3 Å². The van der Waals surface area contributed by atoms with Crippen LogP contribution < -0.4 is 11.1 Å². The van der Waals surface area contributed by atoms with Crippen LogP contribution in [0.15, 0.2) is 121 Å². The number of nitrogens with two attached hydrogens (primary N) is 1.